The first-order valence-corrected chi connectivity index (χ1v) is 9.70. The molecule has 0 saturated heterocycles. The maximum absolute atomic E-state index is 12.8. The number of rotatable bonds is 8. The van der Waals surface area contributed by atoms with Crippen LogP contribution in [0, 0.1) is 0 Å². The highest BCUT2D eigenvalue weighted by Gasteiger charge is 2.16. The predicted octanol–water partition coefficient (Wildman–Crippen LogP) is 1.73. The molecule has 0 aliphatic heterocycles. The van der Waals surface area contributed by atoms with Crippen LogP contribution < -0.4 is 20.7 Å². The van der Waals surface area contributed by atoms with E-state index in [0.717, 1.165) is 4.57 Å². The number of carbonyl (C=O) groups is 1. The van der Waals surface area contributed by atoms with Crippen molar-refractivity contribution in [2.24, 2.45) is 0 Å². The second kappa shape index (κ2) is 9.30. The van der Waals surface area contributed by atoms with Crippen molar-refractivity contribution in [3.8, 4) is 11.5 Å². The van der Waals surface area contributed by atoms with Gasteiger partial charge in [-0.1, -0.05) is 24.3 Å². The molecular weight excluding hydrogens is 386 g/mol. The monoisotopic (exact) mass is 411 g/mol. The normalized spacial score (nSPS) is 10.8. The zero-order valence-electron chi connectivity index (χ0n) is 17.3. The third-order valence-electron chi connectivity index (χ3n) is 4.92. The molecule has 0 saturated carbocycles. The highest BCUT2D eigenvalue weighted by atomic mass is 16.5. The van der Waals surface area contributed by atoms with Gasteiger partial charge >= 0.3 is 5.69 Å². The second-order valence-corrected chi connectivity index (χ2v) is 6.75. The van der Waals surface area contributed by atoms with Crippen molar-refractivity contribution >= 4 is 16.8 Å². The lowest BCUT2D eigenvalue weighted by Crippen LogP contribution is -2.43. The first-order valence-electron chi connectivity index (χ1n) is 9.70. The van der Waals surface area contributed by atoms with E-state index < -0.39 is 5.69 Å². The molecule has 0 unspecified atom stereocenters. The van der Waals surface area contributed by atoms with Crippen molar-refractivity contribution in [1.29, 1.82) is 0 Å². The van der Waals surface area contributed by atoms with Crippen molar-refractivity contribution in [3.63, 3.8) is 0 Å². The topological polar surface area (TPSA) is 82.8 Å². The number of fused-ring (bicyclic) bond motifs is 1. The lowest BCUT2D eigenvalue weighted by Gasteiger charge is -2.20. The molecule has 0 atom stereocenters. The van der Waals surface area contributed by atoms with Crippen LogP contribution in [0.1, 0.15) is 6.92 Å². The minimum Gasteiger partial charge on any atom is -0.493 e. The van der Waals surface area contributed by atoms with E-state index in [4.69, 9.17) is 9.47 Å². The van der Waals surface area contributed by atoms with Gasteiger partial charge in [-0.25, -0.2) is 4.79 Å². The SMILES string of the molecule is CCn1c(=O)c2ccccc2n(CC(=O)N(C)CCOc2ccccc2OC)c1=O. The Morgan fingerprint density at radius 2 is 1.67 bits per heavy atom. The van der Waals surface area contributed by atoms with Gasteiger partial charge in [-0.2, -0.15) is 0 Å². The maximum Gasteiger partial charge on any atom is 0.331 e. The molecular formula is C22H25N3O5. The quantitative estimate of drug-likeness (QED) is 0.564. The summed E-state index contributed by atoms with van der Waals surface area (Å²) in [5.74, 6) is 0.955. The number of nitrogens with zero attached hydrogens (tertiary/aromatic N) is 3. The Bertz CT molecular complexity index is 1170. The molecule has 3 rings (SSSR count). The highest BCUT2D eigenvalue weighted by Crippen LogP contribution is 2.25. The van der Waals surface area contributed by atoms with Crippen LogP contribution in [0.25, 0.3) is 10.9 Å². The molecule has 1 heterocycles. The average Bonchev–Trinajstić information content (AvgIpc) is 2.77. The maximum atomic E-state index is 12.8. The highest BCUT2D eigenvalue weighted by molar-refractivity contribution is 5.81. The minimum absolute atomic E-state index is 0.162. The molecule has 2 aromatic carbocycles. The Labute approximate surface area is 173 Å². The number of aromatic nitrogens is 2. The summed E-state index contributed by atoms with van der Waals surface area (Å²) in [4.78, 5) is 39.5. The summed E-state index contributed by atoms with van der Waals surface area (Å²) in [5, 5.41) is 0.411. The largest absolute Gasteiger partial charge is 0.493 e. The molecule has 0 aliphatic carbocycles. The summed E-state index contributed by atoms with van der Waals surface area (Å²) in [7, 11) is 3.21. The first kappa shape index (κ1) is 21.2. The van der Waals surface area contributed by atoms with Gasteiger partial charge in [0, 0.05) is 13.6 Å². The molecule has 0 radical (unpaired) electrons. The van der Waals surface area contributed by atoms with Gasteiger partial charge in [0.15, 0.2) is 11.5 Å². The third kappa shape index (κ3) is 4.22. The Hall–Kier alpha value is -3.55. The smallest absolute Gasteiger partial charge is 0.331 e. The van der Waals surface area contributed by atoms with Crippen LogP contribution >= 0.6 is 0 Å². The number of benzene rings is 2. The molecule has 30 heavy (non-hydrogen) atoms. The fourth-order valence-corrected chi connectivity index (χ4v) is 3.21. The molecule has 1 aromatic heterocycles. The average molecular weight is 411 g/mol. The summed E-state index contributed by atoms with van der Waals surface area (Å²) in [6.07, 6.45) is 0. The van der Waals surface area contributed by atoms with E-state index in [0.29, 0.717) is 28.9 Å². The van der Waals surface area contributed by atoms with Gasteiger partial charge < -0.3 is 14.4 Å². The van der Waals surface area contributed by atoms with Crippen molar-refractivity contribution in [2.75, 3.05) is 27.3 Å². The lowest BCUT2D eigenvalue weighted by molar-refractivity contribution is -0.130. The van der Waals surface area contributed by atoms with Crippen molar-refractivity contribution in [3.05, 3.63) is 69.4 Å². The number of likely N-dealkylation sites (N-methyl/N-ethyl adjacent to an activating group) is 1. The number of para-hydroxylation sites is 3. The van der Waals surface area contributed by atoms with E-state index in [1.54, 1.807) is 57.5 Å². The Kier molecular flexibility index (Phi) is 6.56. The van der Waals surface area contributed by atoms with Gasteiger partial charge in [0.1, 0.15) is 13.2 Å². The third-order valence-corrected chi connectivity index (χ3v) is 4.92. The second-order valence-electron chi connectivity index (χ2n) is 6.75. The summed E-state index contributed by atoms with van der Waals surface area (Å²) >= 11 is 0. The summed E-state index contributed by atoms with van der Waals surface area (Å²) < 4.78 is 13.4. The summed E-state index contributed by atoms with van der Waals surface area (Å²) in [5.41, 5.74) is -0.391. The number of ether oxygens (including phenoxy) is 2. The van der Waals surface area contributed by atoms with E-state index in [1.807, 2.05) is 12.1 Å². The summed E-state index contributed by atoms with van der Waals surface area (Å²) in [6, 6.07) is 14.1. The number of amides is 1. The van der Waals surface area contributed by atoms with Gasteiger partial charge in [0.2, 0.25) is 5.91 Å². The van der Waals surface area contributed by atoms with Gasteiger partial charge in [-0.3, -0.25) is 18.7 Å². The molecule has 0 fully saturated rings. The molecule has 8 nitrogen and oxygen atoms in total. The first-order chi connectivity index (χ1) is 14.5. The zero-order chi connectivity index (χ0) is 21.7. The number of hydrogen-bond acceptors (Lipinski definition) is 5. The minimum atomic E-state index is -0.492. The van der Waals surface area contributed by atoms with Gasteiger partial charge in [-0.15, -0.1) is 0 Å². The van der Waals surface area contributed by atoms with Crippen molar-refractivity contribution in [1.82, 2.24) is 14.0 Å². The number of carbonyl (C=O) groups excluding carboxylic acids is 1. The Morgan fingerprint density at radius 1 is 1.00 bits per heavy atom. The Balaban J connectivity index is 1.75. The number of methoxy groups -OCH3 is 1. The van der Waals surface area contributed by atoms with E-state index in [1.165, 1.54) is 9.47 Å². The van der Waals surface area contributed by atoms with Crippen LogP contribution in [0.2, 0.25) is 0 Å². The molecule has 158 valence electrons. The van der Waals surface area contributed by atoms with Crippen molar-refractivity contribution in [2.45, 2.75) is 20.0 Å². The van der Waals surface area contributed by atoms with Crippen LogP contribution in [-0.4, -0.2) is 47.3 Å². The van der Waals surface area contributed by atoms with Crippen molar-refractivity contribution < 1.29 is 14.3 Å². The van der Waals surface area contributed by atoms with Crippen LogP contribution in [0.5, 0.6) is 11.5 Å². The summed E-state index contributed by atoms with van der Waals surface area (Å²) in [6.45, 7) is 2.40. The van der Waals surface area contributed by atoms with Crippen LogP contribution in [0.15, 0.2) is 58.1 Å². The van der Waals surface area contributed by atoms with E-state index in [2.05, 4.69) is 0 Å². The lowest BCUT2D eigenvalue weighted by atomic mass is 10.2. The Morgan fingerprint density at radius 3 is 2.37 bits per heavy atom. The zero-order valence-corrected chi connectivity index (χ0v) is 17.3. The standard InChI is InChI=1S/C22H25N3O5/c1-4-24-21(27)16-9-5-6-10-17(16)25(22(24)28)15-20(26)23(2)13-14-30-19-12-8-7-11-18(19)29-3/h5-12H,4,13-15H2,1-3H3. The van der Waals surface area contributed by atoms with Crippen LogP contribution in [0.3, 0.4) is 0 Å². The fraction of sp³-hybridized carbons (Fsp3) is 0.318. The molecule has 0 N–H and O–H groups in total. The van der Waals surface area contributed by atoms with Gasteiger partial charge in [0.05, 0.1) is 24.6 Å². The molecule has 8 heteroatoms. The van der Waals surface area contributed by atoms with Crippen LogP contribution in [0.4, 0.5) is 0 Å². The predicted molar refractivity (Wildman–Crippen MR) is 114 cm³/mol. The van der Waals surface area contributed by atoms with E-state index in [-0.39, 0.29) is 31.2 Å². The van der Waals surface area contributed by atoms with Gasteiger partial charge in [0.25, 0.3) is 5.56 Å². The fourth-order valence-electron chi connectivity index (χ4n) is 3.21. The molecule has 1 amide bonds. The molecule has 0 bridgehead atoms. The molecule has 3 aromatic rings. The molecule has 0 spiro atoms. The van der Waals surface area contributed by atoms with E-state index in [9.17, 15) is 14.4 Å². The molecule has 0 aliphatic rings. The van der Waals surface area contributed by atoms with Gasteiger partial charge in [-0.05, 0) is 31.2 Å². The number of hydrogen-bond donors (Lipinski definition) is 0. The van der Waals surface area contributed by atoms with Crippen LogP contribution in [-0.2, 0) is 17.9 Å². The van der Waals surface area contributed by atoms with E-state index >= 15 is 0 Å².